The average molecular weight is 385 g/mol. The summed E-state index contributed by atoms with van der Waals surface area (Å²) in [6, 6.07) is 4.19. The van der Waals surface area contributed by atoms with Crippen LogP contribution in [0.15, 0.2) is 35.5 Å². The first-order valence-electron chi connectivity index (χ1n) is 8.10. The lowest BCUT2D eigenvalue weighted by atomic mass is 9.93. The van der Waals surface area contributed by atoms with Gasteiger partial charge in [0, 0.05) is 18.8 Å². The van der Waals surface area contributed by atoms with E-state index in [-0.39, 0.29) is 11.0 Å². The van der Waals surface area contributed by atoms with Gasteiger partial charge in [0.25, 0.3) is 5.91 Å². The summed E-state index contributed by atoms with van der Waals surface area (Å²) in [5.74, 6) is -0.240. The molecule has 2 heterocycles. The van der Waals surface area contributed by atoms with E-state index in [4.69, 9.17) is 17.0 Å². The molecule has 5 nitrogen and oxygen atoms in total. The molecular formula is C17H18F3N3O2S. The highest BCUT2D eigenvalue weighted by Gasteiger charge is 2.35. The number of ether oxygens (including phenoxy) is 1. The van der Waals surface area contributed by atoms with E-state index in [1.165, 1.54) is 6.07 Å². The van der Waals surface area contributed by atoms with E-state index in [2.05, 4.69) is 10.6 Å². The van der Waals surface area contributed by atoms with Crippen molar-refractivity contribution in [1.82, 2.24) is 15.5 Å². The first-order chi connectivity index (χ1) is 12.3. The van der Waals surface area contributed by atoms with Crippen LogP contribution in [0.25, 0.3) is 0 Å². The van der Waals surface area contributed by atoms with E-state index in [1.54, 1.807) is 17.9 Å². The molecule has 0 radical (unpaired) electrons. The molecule has 0 aromatic heterocycles. The quantitative estimate of drug-likeness (QED) is 0.766. The Balaban J connectivity index is 1.99. The fraction of sp³-hybridized carbons (Fsp3) is 0.412. The number of amides is 1. The number of carbonyl (C=O) groups excluding carboxylic acids is 1. The molecule has 1 fully saturated rings. The first-order valence-corrected chi connectivity index (χ1v) is 8.50. The smallest absolute Gasteiger partial charge is 0.378 e. The highest BCUT2D eigenvalue weighted by atomic mass is 32.1. The maximum Gasteiger partial charge on any atom is 0.416 e. The maximum absolute atomic E-state index is 13.1. The molecule has 140 valence electrons. The van der Waals surface area contributed by atoms with E-state index < -0.39 is 17.8 Å². The molecule has 9 heteroatoms. The van der Waals surface area contributed by atoms with E-state index in [0.29, 0.717) is 43.1 Å². The van der Waals surface area contributed by atoms with Crippen LogP contribution in [0.1, 0.15) is 24.1 Å². The zero-order valence-electron chi connectivity index (χ0n) is 14.0. The summed E-state index contributed by atoms with van der Waals surface area (Å²) in [4.78, 5) is 14.6. The molecular weight excluding hydrogens is 367 g/mol. The Kier molecular flexibility index (Phi) is 5.19. The van der Waals surface area contributed by atoms with E-state index in [9.17, 15) is 18.0 Å². The highest BCUT2D eigenvalue weighted by Crippen LogP contribution is 2.34. The largest absolute Gasteiger partial charge is 0.416 e. The van der Waals surface area contributed by atoms with E-state index in [1.807, 2.05) is 0 Å². The van der Waals surface area contributed by atoms with Crippen molar-refractivity contribution in [2.45, 2.75) is 19.1 Å². The number of rotatable bonds is 2. The van der Waals surface area contributed by atoms with Crippen molar-refractivity contribution in [2.24, 2.45) is 0 Å². The van der Waals surface area contributed by atoms with Gasteiger partial charge in [-0.2, -0.15) is 13.2 Å². The zero-order chi connectivity index (χ0) is 18.9. The number of benzene rings is 1. The average Bonchev–Trinajstić information content (AvgIpc) is 2.61. The molecule has 2 N–H and O–H groups in total. The van der Waals surface area contributed by atoms with Crippen LogP contribution in [0.5, 0.6) is 0 Å². The number of alkyl halides is 3. The molecule has 3 rings (SSSR count). The summed E-state index contributed by atoms with van der Waals surface area (Å²) < 4.78 is 44.5. The number of nitrogens with one attached hydrogen (secondary N) is 2. The summed E-state index contributed by atoms with van der Waals surface area (Å²) in [6.45, 7) is 3.45. The molecule has 0 unspecified atom stereocenters. The standard InChI is InChI=1S/C17H18F3N3O2S/c1-10-13(15(24)23-5-7-25-8-6-23)14(22-16(26)21-10)11-3-2-4-12(9-11)17(18,19)20/h2-4,9,14H,5-8H2,1H3,(H2,21,22,26)/t14-/m1/s1. The number of thiocarbonyl (C=S) groups is 1. The molecule has 2 aliphatic rings. The minimum atomic E-state index is -4.46. The van der Waals surface area contributed by atoms with E-state index >= 15 is 0 Å². The molecule has 2 aliphatic heterocycles. The lowest BCUT2D eigenvalue weighted by Crippen LogP contribution is -2.49. The van der Waals surface area contributed by atoms with Gasteiger partial charge in [-0.05, 0) is 36.8 Å². The number of allylic oxidation sites excluding steroid dienone is 1. The number of halogens is 3. The topological polar surface area (TPSA) is 53.6 Å². The summed E-state index contributed by atoms with van der Waals surface area (Å²) in [7, 11) is 0. The Bertz CT molecular complexity index is 758. The van der Waals surface area contributed by atoms with Crippen LogP contribution in [0.3, 0.4) is 0 Å². The van der Waals surface area contributed by atoms with Crippen molar-refractivity contribution in [3.63, 3.8) is 0 Å². The van der Waals surface area contributed by atoms with Crippen molar-refractivity contribution in [3.8, 4) is 0 Å². The third-order valence-electron chi connectivity index (χ3n) is 4.35. The molecule has 0 bridgehead atoms. The predicted molar refractivity (Wildman–Crippen MR) is 93.2 cm³/mol. The molecule has 1 atom stereocenters. The van der Waals surface area contributed by atoms with Crippen molar-refractivity contribution in [2.75, 3.05) is 26.3 Å². The van der Waals surface area contributed by atoms with Gasteiger partial charge in [-0.3, -0.25) is 4.79 Å². The molecule has 0 spiro atoms. The normalized spacial score (nSPS) is 21.3. The summed E-state index contributed by atoms with van der Waals surface area (Å²) in [5.41, 5.74) is 0.462. The Morgan fingerprint density at radius 1 is 1.31 bits per heavy atom. The number of morpholine rings is 1. The summed E-state index contributed by atoms with van der Waals surface area (Å²) in [5, 5.41) is 6.09. The van der Waals surface area contributed by atoms with Crippen LogP contribution in [-0.2, 0) is 15.7 Å². The number of carbonyl (C=O) groups is 1. The Labute approximate surface area is 154 Å². The van der Waals surface area contributed by atoms with Gasteiger partial charge in [0.2, 0.25) is 0 Å². The first kappa shape index (κ1) is 18.7. The van der Waals surface area contributed by atoms with Crippen molar-refractivity contribution < 1.29 is 22.7 Å². The highest BCUT2D eigenvalue weighted by molar-refractivity contribution is 7.80. The van der Waals surface area contributed by atoms with Gasteiger partial charge < -0.3 is 20.3 Å². The predicted octanol–water partition coefficient (Wildman–Crippen LogP) is 2.36. The monoisotopic (exact) mass is 385 g/mol. The second-order valence-corrected chi connectivity index (χ2v) is 6.51. The molecule has 1 aromatic carbocycles. The molecule has 1 aromatic rings. The number of nitrogens with zero attached hydrogens (tertiary/aromatic N) is 1. The minimum absolute atomic E-state index is 0.240. The Morgan fingerprint density at radius 3 is 2.65 bits per heavy atom. The summed E-state index contributed by atoms with van der Waals surface area (Å²) >= 11 is 5.14. The van der Waals surface area contributed by atoms with Crippen LogP contribution < -0.4 is 10.6 Å². The Hall–Kier alpha value is -2.13. The summed E-state index contributed by atoms with van der Waals surface area (Å²) in [6.07, 6.45) is -4.46. The minimum Gasteiger partial charge on any atom is -0.378 e. The van der Waals surface area contributed by atoms with Crippen LogP contribution in [-0.4, -0.2) is 42.2 Å². The fourth-order valence-corrected chi connectivity index (χ4v) is 3.33. The lowest BCUT2D eigenvalue weighted by molar-refractivity contribution is -0.137. The van der Waals surface area contributed by atoms with Gasteiger partial charge in [0.1, 0.15) is 0 Å². The maximum atomic E-state index is 13.1. The zero-order valence-corrected chi connectivity index (χ0v) is 14.8. The Morgan fingerprint density at radius 2 is 2.00 bits per heavy atom. The van der Waals surface area contributed by atoms with Gasteiger partial charge >= 0.3 is 6.18 Å². The third-order valence-corrected chi connectivity index (χ3v) is 4.57. The fourth-order valence-electron chi connectivity index (χ4n) is 3.06. The van der Waals surface area contributed by atoms with Crippen LogP contribution in [0.2, 0.25) is 0 Å². The number of hydrogen-bond donors (Lipinski definition) is 2. The van der Waals surface area contributed by atoms with Crippen molar-refractivity contribution in [1.29, 1.82) is 0 Å². The van der Waals surface area contributed by atoms with Crippen molar-refractivity contribution >= 4 is 23.2 Å². The second-order valence-electron chi connectivity index (χ2n) is 6.10. The third kappa shape index (κ3) is 3.83. The van der Waals surface area contributed by atoms with Gasteiger partial charge in [-0.25, -0.2) is 0 Å². The molecule has 0 aliphatic carbocycles. The van der Waals surface area contributed by atoms with Crippen LogP contribution >= 0.6 is 12.2 Å². The van der Waals surface area contributed by atoms with Gasteiger partial charge in [0.15, 0.2) is 5.11 Å². The molecule has 1 amide bonds. The van der Waals surface area contributed by atoms with Gasteiger partial charge in [0.05, 0.1) is 30.4 Å². The van der Waals surface area contributed by atoms with Gasteiger partial charge in [-0.15, -0.1) is 0 Å². The SMILES string of the molecule is CC1=C(C(=O)N2CCOCC2)[C@@H](c2cccc(C(F)(F)F)c2)NC(=S)N1. The lowest BCUT2D eigenvalue weighted by Gasteiger charge is -2.35. The second kappa shape index (κ2) is 7.24. The van der Waals surface area contributed by atoms with Gasteiger partial charge in [-0.1, -0.05) is 12.1 Å². The molecule has 26 heavy (non-hydrogen) atoms. The van der Waals surface area contributed by atoms with Crippen LogP contribution in [0.4, 0.5) is 13.2 Å². The van der Waals surface area contributed by atoms with Crippen molar-refractivity contribution in [3.05, 3.63) is 46.7 Å². The number of hydrogen-bond acceptors (Lipinski definition) is 3. The molecule has 0 saturated carbocycles. The van der Waals surface area contributed by atoms with Crippen LogP contribution in [0, 0.1) is 0 Å². The molecule has 1 saturated heterocycles. The van der Waals surface area contributed by atoms with E-state index in [0.717, 1.165) is 12.1 Å².